The highest BCUT2D eigenvalue weighted by atomic mass is 32.1. The maximum absolute atomic E-state index is 12.8. The van der Waals surface area contributed by atoms with Crippen molar-refractivity contribution in [3.63, 3.8) is 0 Å². The Balaban J connectivity index is 0.000000388. The Morgan fingerprint density at radius 1 is 1.22 bits per heavy atom. The average molecular weight is 335 g/mol. The van der Waals surface area contributed by atoms with Gasteiger partial charge in [0.05, 0.1) is 11.1 Å². The highest BCUT2D eigenvalue weighted by Gasteiger charge is 2.08. The van der Waals surface area contributed by atoms with Crippen LogP contribution in [0.15, 0.2) is 52.4 Å². The lowest BCUT2D eigenvalue weighted by molar-refractivity contribution is -0.134. The molecule has 0 aliphatic rings. The maximum atomic E-state index is 12.8. The highest BCUT2D eigenvalue weighted by molar-refractivity contribution is 7.13. The van der Waals surface area contributed by atoms with Crippen LogP contribution in [0.3, 0.4) is 0 Å². The minimum absolute atomic E-state index is 0.265. The second-order valence-corrected chi connectivity index (χ2v) is 4.98. The number of aliphatic carboxylic acids is 1. The maximum Gasteiger partial charge on any atom is 0.300 e. The standard InChI is InChI=1S/C13H8FNOS.C2H4O2.C2H6/c14-10-5-3-9(4-6-10)13-15-8-11(16-13)12-2-1-7-17-12;1-2(3)4;1-2/h1-8H;1H3,(H,3,4);1-2H3. The van der Waals surface area contributed by atoms with E-state index in [0.717, 1.165) is 23.1 Å². The van der Waals surface area contributed by atoms with Crippen molar-refractivity contribution >= 4 is 17.3 Å². The summed E-state index contributed by atoms with van der Waals surface area (Å²) < 4.78 is 18.4. The molecule has 0 amide bonds. The average Bonchev–Trinajstić information content (AvgIpc) is 3.21. The Morgan fingerprint density at radius 3 is 2.35 bits per heavy atom. The normalized spacial score (nSPS) is 9.22. The topological polar surface area (TPSA) is 63.3 Å². The van der Waals surface area contributed by atoms with Crippen LogP contribution in [-0.4, -0.2) is 16.1 Å². The summed E-state index contributed by atoms with van der Waals surface area (Å²) in [6.07, 6.45) is 1.69. The lowest BCUT2D eigenvalue weighted by Gasteiger charge is -1.94. The fraction of sp³-hybridized carbons (Fsp3) is 0.176. The largest absolute Gasteiger partial charge is 0.481 e. The lowest BCUT2D eigenvalue weighted by Crippen LogP contribution is -1.78. The Hall–Kier alpha value is -2.47. The van der Waals surface area contributed by atoms with Crippen LogP contribution in [-0.2, 0) is 4.79 Å². The number of oxazole rings is 1. The van der Waals surface area contributed by atoms with Gasteiger partial charge in [0.1, 0.15) is 5.82 Å². The summed E-state index contributed by atoms with van der Waals surface area (Å²) in [5.41, 5.74) is 0.772. The SMILES string of the molecule is CC.CC(=O)O.Fc1ccc(-c2ncc(-c3cccs3)o2)cc1. The van der Waals surface area contributed by atoms with E-state index in [4.69, 9.17) is 14.3 Å². The van der Waals surface area contributed by atoms with E-state index >= 15 is 0 Å². The predicted molar refractivity (Wildman–Crippen MR) is 89.9 cm³/mol. The molecule has 0 aliphatic carbocycles. The van der Waals surface area contributed by atoms with Crippen LogP contribution in [0.5, 0.6) is 0 Å². The third-order valence-electron chi connectivity index (χ3n) is 2.36. The van der Waals surface area contributed by atoms with Gasteiger partial charge in [0.2, 0.25) is 5.89 Å². The molecule has 6 heteroatoms. The number of hydrogen-bond donors (Lipinski definition) is 1. The summed E-state index contributed by atoms with van der Waals surface area (Å²) in [7, 11) is 0. The van der Waals surface area contributed by atoms with Gasteiger partial charge in [0.25, 0.3) is 5.97 Å². The van der Waals surface area contributed by atoms with E-state index < -0.39 is 5.97 Å². The number of halogens is 1. The van der Waals surface area contributed by atoms with Crippen molar-refractivity contribution < 1.29 is 18.7 Å². The number of nitrogens with zero attached hydrogens (tertiary/aromatic N) is 1. The first-order chi connectivity index (χ1) is 11.1. The van der Waals surface area contributed by atoms with Gasteiger partial charge in [-0.2, -0.15) is 0 Å². The number of carbonyl (C=O) groups is 1. The molecular weight excluding hydrogens is 317 g/mol. The first-order valence-corrected chi connectivity index (χ1v) is 7.89. The summed E-state index contributed by atoms with van der Waals surface area (Å²) in [6.45, 7) is 5.08. The monoisotopic (exact) mass is 335 g/mol. The van der Waals surface area contributed by atoms with Crippen molar-refractivity contribution in [3.05, 3.63) is 53.8 Å². The van der Waals surface area contributed by atoms with Crippen molar-refractivity contribution in [1.29, 1.82) is 0 Å². The Morgan fingerprint density at radius 2 is 1.83 bits per heavy atom. The molecule has 0 spiro atoms. The second-order valence-electron chi connectivity index (χ2n) is 4.03. The summed E-state index contributed by atoms with van der Waals surface area (Å²) in [6, 6.07) is 10.0. The zero-order valence-electron chi connectivity index (χ0n) is 13.1. The van der Waals surface area contributed by atoms with Gasteiger partial charge < -0.3 is 9.52 Å². The Labute approximate surface area is 138 Å². The first-order valence-electron chi connectivity index (χ1n) is 7.01. The fourth-order valence-electron chi connectivity index (χ4n) is 1.53. The molecule has 2 aromatic heterocycles. The van der Waals surface area contributed by atoms with E-state index in [1.54, 1.807) is 29.7 Å². The number of aromatic nitrogens is 1. The van der Waals surface area contributed by atoms with E-state index in [1.807, 2.05) is 31.4 Å². The van der Waals surface area contributed by atoms with Crippen molar-refractivity contribution in [1.82, 2.24) is 4.98 Å². The molecule has 23 heavy (non-hydrogen) atoms. The van der Waals surface area contributed by atoms with Gasteiger partial charge in [-0.15, -0.1) is 11.3 Å². The summed E-state index contributed by atoms with van der Waals surface area (Å²) >= 11 is 1.59. The van der Waals surface area contributed by atoms with Gasteiger partial charge >= 0.3 is 0 Å². The van der Waals surface area contributed by atoms with Crippen LogP contribution in [0.4, 0.5) is 4.39 Å². The molecule has 1 N–H and O–H groups in total. The van der Waals surface area contributed by atoms with E-state index in [1.165, 1.54) is 12.1 Å². The number of rotatable bonds is 2. The van der Waals surface area contributed by atoms with Crippen LogP contribution < -0.4 is 0 Å². The van der Waals surface area contributed by atoms with Crippen molar-refractivity contribution in [3.8, 4) is 22.1 Å². The minimum Gasteiger partial charge on any atom is -0.481 e. The van der Waals surface area contributed by atoms with Gasteiger partial charge in [-0.05, 0) is 35.7 Å². The Kier molecular flexibility index (Phi) is 7.70. The van der Waals surface area contributed by atoms with Gasteiger partial charge in [-0.1, -0.05) is 19.9 Å². The summed E-state index contributed by atoms with van der Waals surface area (Å²) in [4.78, 5) is 14.2. The molecule has 1 aromatic carbocycles. The zero-order chi connectivity index (χ0) is 17.2. The predicted octanol–water partition coefficient (Wildman–Crippen LogP) is 5.33. The fourth-order valence-corrected chi connectivity index (χ4v) is 2.20. The van der Waals surface area contributed by atoms with Gasteiger partial charge in [0, 0.05) is 12.5 Å². The molecule has 0 bridgehead atoms. The third kappa shape index (κ3) is 6.04. The first kappa shape index (κ1) is 18.6. The number of benzene rings is 1. The summed E-state index contributed by atoms with van der Waals surface area (Å²) in [5.74, 6) is 0.145. The smallest absolute Gasteiger partial charge is 0.300 e. The number of carboxylic acid groups (broad SMARTS) is 1. The number of carboxylic acids is 1. The van der Waals surface area contributed by atoms with Crippen LogP contribution in [0.1, 0.15) is 20.8 Å². The number of hydrogen-bond acceptors (Lipinski definition) is 4. The quantitative estimate of drug-likeness (QED) is 0.688. The molecule has 3 rings (SSSR count). The third-order valence-corrected chi connectivity index (χ3v) is 3.25. The van der Waals surface area contributed by atoms with Gasteiger partial charge in [0.15, 0.2) is 5.76 Å². The van der Waals surface area contributed by atoms with Crippen LogP contribution in [0.25, 0.3) is 22.1 Å². The number of thiophene rings is 1. The highest BCUT2D eigenvalue weighted by Crippen LogP contribution is 2.28. The Bertz CT molecular complexity index is 702. The van der Waals surface area contributed by atoms with Crippen molar-refractivity contribution in [2.24, 2.45) is 0 Å². The van der Waals surface area contributed by atoms with E-state index in [2.05, 4.69) is 4.98 Å². The molecule has 3 aromatic rings. The molecule has 4 nitrogen and oxygen atoms in total. The molecule has 0 radical (unpaired) electrons. The lowest BCUT2D eigenvalue weighted by atomic mass is 10.2. The zero-order valence-corrected chi connectivity index (χ0v) is 13.9. The van der Waals surface area contributed by atoms with Crippen LogP contribution in [0.2, 0.25) is 0 Å². The van der Waals surface area contributed by atoms with Crippen LogP contribution in [0, 0.1) is 5.82 Å². The molecule has 0 fully saturated rings. The van der Waals surface area contributed by atoms with E-state index in [9.17, 15) is 4.39 Å². The molecule has 122 valence electrons. The van der Waals surface area contributed by atoms with Gasteiger partial charge in [-0.25, -0.2) is 9.37 Å². The minimum atomic E-state index is -0.833. The molecule has 0 saturated carbocycles. The van der Waals surface area contributed by atoms with E-state index in [-0.39, 0.29) is 5.82 Å². The molecule has 0 aliphatic heterocycles. The van der Waals surface area contributed by atoms with Crippen molar-refractivity contribution in [2.75, 3.05) is 0 Å². The molecular formula is C17H18FNO3S. The molecule has 0 unspecified atom stereocenters. The summed E-state index contributed by atoms with van der Waals surface area (Å²) in [5, 5.41) is 9.40. The molecule has 2 heterocycles. The second kappa shape index (κ2) is 9.53. The van der Waals surface area contributed by atoms with E-state index in [0.29, 0.717) is 5.89 Å². The van der Waals surface area contributed by atoms with Gasteiger partial charge in [-0.3, -0.25) is 4.79 Å². The van der Waals surface area contributed by atoms with Crippen LogP contribution >= 0.6 is 11.3 Å². The molecule has 0 atom stereocenters. The van der Waals surface area contributed by atoms with Crippen molar-refractivity contribution in [2.45, 2.75) is 20.8 Å². The molecule has 0 saturated heterocycles.